The van der Waals surface area contributed by atoms with Crippen LogP contribution in [0.25, 0.3) is 0 Å². The fourth-order valence-corrected chi connectivity index (χ4v) is 5.35. The first-order chi connectivity index (χ1) is 13.1. The van der Waals surface area contributed by atoms with Crippen LogP contribution in [0.5, 0.6) is 0 Å². The number of nitrogens with one attached hydrogen (secondary N) is 1. The van der Waals surface area contributed by atoms with Gasteiger partial charge in [0.25, 0.3) is 0 Å². The summed E-state index contributed by atoms with van der Waals surface area (Å²) in [5, 5.41) is 7.37. The second-order valence-electron chi connectivity index (χ2n) is 8.22. The number of benzene rings is 1. The third-order valence-electron chi connectivity index (χ3n) is 5.18. The molecule has 7 heteroatoms. The molecule has 152 valence electrons. The third kappa shape index (κ3) is 4.82. The first kappa shape index (κ1) is 20.6. The van der Waals surface area contributed by atoms with Crippen molar-refractivity contribution >= 4 is 21.6 Å². The van der Waals surface area contributed by atoms with Gasteiger partial charge in [0, 0.05) is 6.07 Å². The van der Waals surface area contributed by atoms with Gasteiger partial charge < -0.3 is 5.32 Å². The SMILES string of the molecule is Cc1cc(NC(=O)[C@@H](C)c2ccc(CC(C)C)cc2)n([C@@H]2CCS(=O)(=O)C2)n1. The van der Waals surface area contributed by atoms with Gasteiger partial charge >= 0.3 is 0 Å². The third-order valence-corrected chi connectivity index (χ3v) is 6.93. The first-order valence-corrected chi connectivity index (χ1v) is 11.6. The number of amides is 1. The molecule has 3 rings (SSSR count). The van der Waals surface area contributed by atoms with Gasteiger partial charge in [0.1, 0.15) is 5.82 Å². The van der Waals surface area contributed by atoms with Crippen molar-refractivity contribution in [2.75, 3.05) is 16.8 Å². The Bertz CT molecular complexity index is 946. The van der Waals surface area contributed by atoms with E-state index in [1.807, 2.05) is 26.0 Å². The minimum absolute atomic E-state index is 0.0733. The summed E-state index contributed by atoms with van der Waals surface area (Å²) in [4.78, 5) is 12.8. The Kier molecular flexibility index (Phi) is 5.93. The van der Waals surface area contributed by atoms with Crippen molar-refractivity contribution < 1.29 is 13.2 Å². The molecule has 1 saturated heterocycles. The largest absolute Gasteiger partial charge is 0.310 e. The maximum atomic E-state index is 12.8. The lowest BCUT2D eigenvalue weighted by molar-refractivity contribution is -0.117. The highest BCUT2D eigenvalue weighted by Crippen LogP contribution is 2.28. The normalized spacial score (nSPS) is 19.7. The molecule has 0 unspecified atom stereocenters. The number of nitrogens with zero attached hydrogens (tertiary/aromatic N) is 2. The van der Waals surface area contributed by atoms with Crippen LogP contribution in [0.1, 0.15) is 56.0 Å². The fraction of sp³-hybridized carbons (Fsp3) is 0.524. The van der Waals surface area contributed by atoms with Crippen molar-refractivity contribution in [2.45, 2.75) is 52.5 Å². The van der Waals surface area contributed by atoms with E-state index in [0.717, 1.165) is 17.7 Å². The van der Waals surface area contributed by atoms with Gasteiger partial charge in [0.05, 0.1) is 29.2 Å². The number of sulfone groups is 1. The summed E-state index contributed by atoms with van der Waals surface area (Å²) >= 11 is 0. The van der Waals surface area contributed by atoms with Crippen molar-refractivity contribution in [1.82, 2.24) is 9.78 Å². The van der Waals surface area contributed by atoms with Gasteiger partial charge in [-0.3, -0.25) is 4.79 Å². The topological polar surface area (TPSA) is 81.1 Å². The molecular formula is C21H29N3O3S. The van der Waals surface area contributed by atoms with E-state index < -0.39 is 9.84 Å². The molecular weight excluding hydrogens is 374 g/mol. The standard InChI is InChI=1S/C21H29N3O3S/c1-14(2)11-17-5-7-18(8-6-17)16(4)21(25)22-20-12-15(3)23-24(20)19-9-10-28(26,27)13-19/h5-8,12,14,16,19H,9-11,13H2,1-4H3,(H,22,25)/t16-,19+/m0/s1. The molecule has 28 heavy (non-hydrogen) atoms. The zero-order chi connectivity index (χ0) is 20.5. The van der Waals surface area contributed by atoms with E-state index in [4.69, 9.17) is 0 Å². The molecule has 2 atom stereocenters. The van der Waals surface area contributed by atoms with Crippen molar-refractivity contribution in [1.29, 1.82) is 0 Å². The quantitative estimate of drug-likeness (QED) is 0.800. The van der Waals surface area contributed by atoms with Crippen LogP contribution in [-0.4, -0.2) is 35.6 Å². The lowest BCUT2D eigenvalue weighted by atomic mass is 9.96. The highest BCUT2D eigenvalue weighted by molar-refractivity contribution is 7.91. The monoisotopic (exact) mass is 403 g/mol. The minimum atomic E-state index is -3.03. The van der Waals surface area contributed by atoms with Crippen LogP contribution < -0.4 is 5.32 Å². The second-order valence-corrected chi connectivity index (χ2v) is 10.5. The van der Waals surface area contributed by atoms with Crippen LogP contribution in [-0.2, 0) is 21.1 Å². The van der Waals surface area contributed by atoms with E-state index in [1.54, 1.807) is 10.7 Å². The Morgan fingerprint density at radius 2 is 1.93 bits per heavy atom. The van der Waals surface area contributed by atoms with Crippen LogP contribution in [0.2, 0.25) is 0 Å². The molecule has 1 N–H and O–H groups in total. The number of hydrogen-bond acceptors (Lipinski definition) is 4. The molecule has 1 aromatic carbocycles. The Balaban J connectivity index is 1.72. The van der Waals surface area contributed by atoms with Gasteiger partial charge in [-0.2, -0.15) is 5.10 Å². The summed E-state index contributed by atoms with van der Waals surface area (Å²) in [5.74, 6) is 0.956. The number of carbonyl (C=O) groups is 1. The number of carbonyl (C=O) groups excluding carboxylic acids is 1. The highest BCUT2D eigenvalue weighted by atomic mass is 32.2. The summed E-state index contributed by atoms with van der Waals surface area (Å²) in [6.45, 7) is 8.09. The number of aryl methyl sites for hydroxylation is 1. The smallest absolute Gasteiger partial charge is 0.232 e. The minimum Gasteiger partial charge on any atom is -0.310 e. The number of hydrogen-bond donors (Lipinski definition) is 1. The van der Waals surface area contributed by atoms with Crippen LogP contribution in [0, 0.1) is 12.8 Å². The predicted molar refractivity (Wildman–Crippen MR) is 111 cm³/mol. The Labute approximate surface area is 167 Å². The van der Waals surface area contributed by atoms with E-state index in [1.165, 1.54) is 5.56 Å². The van der Waals surface area contributed by atoms with Crippen LogP contribution in [0.4, 0.5) is 5.82 Å². The average Bonchev–Trinajstić information content (AvgIpc) is 3.16. The van der Waals surface area contributed by atoms with Crippen LogP contribution in [0.15, 0.2) is 30.3 Å². The molecule has 1 fully saturated rings. The second kappa shape index (κ2) is 8.07. The van der Waals surface area contributed by atoms with Gasteiger partial charge in [0.15, 0.2) is 9.84 Å². The number of rotatable bonds is 6. The maximum absolute atomic E-state index is 12.8. The molecule has 6 nitrogen and oxygen atoms in total. The molecule has 1 aliphatic heterocycles. The molecule has 0 radical (unpaired) electrons. The molecule has 0 spiro atoms. The first-order valence-electron chi connectivity index (χ1n) is 9.81. The molecule has 1 aromatic heterocycles. The van der Waals surface area contributed by atoms with E-state index >= 15 is 0 Å². The molecule has 0 saturated carbocycles. The molecule has 0 bridgehead atoms. The van der Waals surface area contributed by atoms with Crippen molar-refractivity contribution in [2.24, 2.45) is 5.92 Å². The van der Waals surface area contributed by atoms with Crippen molar-refractivity contribution in [3.63, 3.8) is 0 Å². The predicted octanol–water partition coefficient (Wildman–Crippen LogP) is 3.49. The Morgan fingerprint density at radius 3 is 2.50 bits per heavy atom. The molecule has 1 amide bonds. The summed E-state index contributed by atoms with van der Waals surface area (Å²) in [5.41, 5.74) is 2.98. The molecule has 1 aliphatic rings. The zero-order valence-corrected chi connectivity index (χ0v) is 17.8. The molecule has 2 aromatic rings. The lowest BCUT2D eigenvalue weighted by Gasteiger charge is -2.17. The van der Waals surface area contributed by atoms with Gasteiger partial charge in [-0.25, -0.2) is 13.1 Å². The highest BCUT2D eigenvalue weighted by Gasteiger charge is 2.31. The van der Waals surface area contributed by atoms with E-state index in [2.05, 4.69) is 36.4 Å². The molecule has 2 heterocycles. The Morgan fingerprint density at radius 1 is 1.25 bits per heavy atom. The van der Waals surface area contributed by atoms with Crippen molar-refractivity contribution in [3.05, 3.63) is 47.2 Å². The van der Waals surface area contributed by atoms with Crippen molar-refractivity contribution in [3.8, 4) is 0 Å². The molecule has 0 aliphatic carbocycles. The van der Waals surface area contributed by atoms with Gasteiger partial charge in [-0.15, -0.1) is 0 Å². The van der Waals surface area contributed by atoms with E-state index in [9.17, 15) is 13.2 Å². The summed E-state index contributed by atoms with van der Waals surface area (Å²) in [7, 11) is -3.03. The summed E-state index contributed by atoms with van der Waals surface area (Å²) in [6.07, 6.45) is 1.54. The van der Waals surface area contributed by atoms with Gasteiger partial charge in [-0.1, -0.05) is 38.1 Å². The zero-order valence-electron chi connectivity index (χ0n) is 17.0. The van der Waals surface area contributed by atoms with E-state index in [0.29, 0.717) is 18.2 Å². The number of aromatic nitrogens is 2. The van der Waals surface area contributed by atoms with Gasteiger partial charge in [0.2, 0.25) is 5.91 Å². The van der Waals surface area contributed by atoms with Gasteiger partial charge in [-0.05, 0) is 43.7 Å². The van der Waals surface area contributed by atoms with Crippen LogP contribution in [0.3, 0.4) is 0 Å². The lowest BCUT2D eigenvalue weighted by Crippen LogP contribution is -2.23. The fourth-order valence-electron chi connectivity index (χ4n) is 3.66. The maximum Gasteiger partial charge on any atom is 0.232 e. The van der Waals surface area contributed by atoms with E-state index in [-0.39, 0.29) is 29.4 Å². The average molecular weight is 404 g/mol. The summed E-state index contributed by atoms with van der Waals surface area (Å²) < 4.78 is 25.3. The summed E-state index contributed by atoms with van der Waals surface area (Å²) in [6, 6.07) is 9.75. The van der Waals surface area contributed by atoms with Crippen LogP contribution >= 0.6 is 0 Å². The number of anilines is 1. The Hall–Kier alpha value is -2.15.